The summed E-state index contributed by atoms with van der Waals surface area (Å²) in [6, 6.07) is 15.0. The molecule has 2 heterocycles. The molecule has 1 aromatic heterocycles. The summed E-state index contributed by atoms with van der Waals surface area (Å²) < 4.78 is 31.1. The summed E-state index contributed by atoms with van der Waals surface area (Å²) in [5.41, 5.74) is 7.28. The van der Waals surface area contributed by atoms with E-state index in [-0.39, 0.29) is 17.3 Å². The fourth-order valence-corrected chi connectivity index (χ4v) is 7.08. The number of aryl methyl sites for hydroxylation is 1. The predicted molar refractivity (Wildman–Crippen MR) is 198 cm³/mol. The third-order valence-electron chi connectivity index (χ3n) is 7.63. The van der Waals surface area contributed by atoms with Gasteiger partial charge in [0.05, 0.1) is 32.4 Å². The van der Waals surface area contributed by atoms with Crippen LogP contribution in [0.4, 0.5) is 25.8 Å². The van der Waals surface area contributed by atoms with Gasteiger partial charge in [-0.2, -0.15) is 11.8 Å². The van der Waals surface area contributed by atoms with Crippen LogP contribution in [0.25, 0.3) is 17.0 Å². The lowest BCUT2D eigenvalue weighted by atomic mass is 10.1. The largest absolute Gasteiger partial charge is 0.506 e. The molecule has 5 rings (SSSR count). The second kappa shape index (κ2) is 16.8. The van der Waals surface area contributed by atoms with Gasteiger partial charge in [0.2, 0.25) is 0 Å². The fraction of sp³-hybridized carbons (Fsp3) is 0.265. The van der Waals surface area contributed by atoms with Gasteiger partial charge in [0.15, 0.2) is 0 Å². The zero-order valence-electron chi connectivity index (χ0n) is 26.2. The molecule has 0 saturated carbocycles. The third kappa shape index (κ3) is 8.92. The fourth-order valence-electron chi connectivity index (χ4n) is 5.16. The zero-order chi connectivity index (χ0) is 33.2. The van der Waals surface area contributed by atoms with Gasteiger partial charge in [0.1, 0.15) is 24.1 Å². The number of rotatable bonds is 14. The minimum Gasteiger partial charge on any atom is -0.506 e. The number of thiazole rings is 1. The van der Waals surface area contributed by atoms with Gasteiger partial charge in [-0.1, -0.05) is 18.2 Å². The lowest BCUT2D eigenvalue weighted by molar-refractivity contribution is 0.273. The SMILES string of the molecule is C=N/C(=C\C=N/CNc1cc(C)c(N2CCN(CCSC)CC2)cc1O)c1scnc1-c1cccc(NSc2c(F)cccc2F)c1. The number of thioether (sulfide) groups is 1. The summed E-state index contributed by atoms with van der Waals surface area (Å²) in [6.45, 7) is 11.1. The molecular formula is C34H37F2N7OS3. The Morgan fingerprint density at radius 3 is 2.62 bits per heavy atom. The van der Waals surface area contributed by atoms with Crippen molar-refractivity contribution in [3.8, 4) is 17.0 Å². The van der Waals surface area contributed by atoms with Crippen LogP contribution in [0, 0.1) is 18.6 Å². The number of nitrogens with zero attached hydrogens (tertiary/aromatic N) is 5. The highest BCUT2D eigenvalue weighted by atomic mass is 32.2. The molecule has 0 unspecified atom stereocenters. The van der Waals surface area contributed by atoms with Crippen LogP contribution in [-0.2, 0) is 0 Å². The summed E-state index contributed by atoms with van der Waals surface area (Å²) in [5.74, 6) is 0.0809. The summed E-state index contributed by atoms with van der Waals surface area (Å²) in [6.07, 6.45) is 5.55. The van der Waals surface area contributed by atoms with E-state index in [9.17, 15) is 13.9 Å². The average Bonchev–Trinajstić information content (AvgIpc) is 3.57. The molecule has 3 N–H and O–H groups in total. The minimum atomic E-state index is -0.629. The van der Waals surface area contributed by atoms with Gasteiger partial charge >= 0.3 is 0 Å². The van der Waals surface area contributed by atoms with Crippen LogP contribution in [0.15, 0.2) is 81.1 Å². The highest BCUT2D eigenvalue weighted by Gasteiger charge is 2.20. The van der Waals surface area contributed by atoms with E-state index < -0.39 is 11.6 Å². The number of hydrogen-bond donors (Lipinski definition) is 3. The Hall–Kier alpha value is -3.91. The zero-order valence-corrected chi connectivity index (χ0v) is 28.7. The lowest BCUT2D eigenvalue weighted by Gasteiger charge is -2.37. The molecule has 0 bridgehead atoms. The average molecular weight is 694 g/mol. The van der Waals surface area contributed by atoms with Gasteiger partial charge in [-0.3, -0.25) is 14.9 Å². The van der Waals surface area contributed by atoms with Crippen LogP contribution in [0.1, 0.15) is 10.4 Å². The number of nitrogens with one attached hydrogen (secondary N) is 2. The topological polar surface area (TPSA) is 88.4 Å². The normalized spacial score (nSPS) is 14.1. The number of phenols is 1. The number of aliphatic imine (C=N–C) groups is 2. The van der Waals surface area contributed by atoms with Crippen molar-refractivity contribution in [2.75, 3.05) is 66.3 Å². The smallest absolute Gasteiger partial charge is 0.141 e. The molecule has 1 aliphatic rings. The number of hydrogen-bond acceptors (Lipinski definition) is 11. The van der Waals surface area contributed by atoms with E-state index in [4.69, 9.17) is 0 Å². The molecular weight excluding hydrogens is 657 g/mol. The molecule has 13 heteroatoms. The summed E-state index contributed by atoms with van der Waals surface area (Å²) >= 11 is 4.17. The third-order valence-corrected chi connectivity index (χ3v) is 10.0. The van der Waals surface area contributed by atoms with E-state index in [2.05, 4.69) is 54.7 Å². The molecule has 47 heavy (non-hydrogen) atoms. The molecule has 1 aliphatic heterocycles. The molecule has 4 aromatic rings. The van der Waals surface area contributed by atoms with Crippen molar-refractivity contribution >= 4 is 70.7 Å². The standard InChI is InChI=1S/C34H37F2N7OS3/c1-23-18-29(31(44)20-30(23)43-14-12-42(13-15-43)16-17-45-3)39-21-38-11-10-28(37-2)34-32(40-22-46-34)24-6-4-7-25(19-24)41-47-33-26(35)8-5-9-27(33)36/h4-11,18-20,22,39,41,44H,2,12-17,21H2,1,3H3/b28-10-,38-11-. The highest BCUT2D eigenvalue weighted by molar-refractivity contribution is 8.00. The summed E-state index contributed by atoms with van der Waals surface area (Å²) in [5, 5.41) is 14.0. The maximum atomic E-state index is 14.1. The van der Waals surface area contributed by atoms with Gasteiger partial charge in [-0.15, -0.1) is 11.3 Å². The molecule has 3 aromatic carbocycles. The van der Waals surface area contributed by atoms with Gasteiger partial charge in [0.25, 0.3) is 0 Å². The molecule has 0 radical (unpaired) electrons. The van der Waals surface area contributed by atoms with Gasteiger partial charge in [-0.05, 0) is 73.8 Å². The number of piperazine rings is 1. The molecule has 0 atom stereocenters. The van der Waals surface area contributed by atoms with Crippen LogP contribution in [0.2, 0.25) is 0 Å². The van der Waals surface area contributed by atoms with E-state index >= 15 is 0 Å². The van der Waals surface area contributed by atoms with Crippen LogP contribution < -0.4 is 14.9 Å². The molecule has 0 spiro atoms. The van der Waals surface area contributed by atoms with E-state index in [0.717, 1.165) is 72.1 Å². The van der Waals surface area contributed by atoms with E-state index in [1.807, 2.05) is 48.2 Å². The van der Waals surface area contributed by atoms with Gasteiger partial charge in [-0.25, -0.2) is 13.8 Å². The Morgan fingerprint density at radius 1 is 1.11 bits per heavy atom. The molecule has 8 nitrogen and oxygen atoms in total. The Kier molecular flexibility index (Phi) is 12.3. The van der Waals surface area contributed by atoms with Crippen molar-refractivity contribution in [2.45, 2.75) is 11.8 Å². The van der Waals surface area contributed by atoms with Crippen LogP contribution in [0.3, 0.4) is 0 Å². The van der Waals surface area contributed by atoms with E-state index in [1.165, 1.54) is 29.5 Å². The minimum absolute atomic E-state index is 0.101. The van der Waals surface area contributed by atoms with Gasteiger partial charge in [0, 0.05) is 67.7 Å². The number of allylic oxidation sites excluding steroid dienone is 1. The number of halogens is 2. The highest BCUT2D eigenvalue weighted by Crippen LogP contribution is 2.35. The molecule has 0 amide bonds. The van der Waals surface area contributed by atoms with Crippen molar-refractivity contribution in [1.29, 1.82) is 0 Å². The second-order valence-electron chi connectivity index (χ2n) is 10.7. The van der Waals surface area contributed by atoms with Crippen molar-refractivity contribution in [3.05, 3.63) is 88.3 Å². The first-order valence-corrected chi connectivity index (χ1v) is 18.1. The molecule has 1 fully saturated rings. The Balaban J connectivity index is 1.19. The maximum Gasteiger partial charge on any atom is 0.141 e. The Labute approximate surface area is 286 Å². The number of aromatic hydroxyl groups is 1. The first-order valence-electron chi connectivity index (χ1n) is 15.0. The van der Waals surface area contributed by atoms with E-state index in [1.54, 1.807) is 17.8 Å². The van der Waals surface area contributed by atoms with Crippen molar-refractivity contribution in [1.82, 2.24) is 9.88 Å². The van der Waals surface area contributed by atoms with Crippen molar-refractivity contribution < 1.29 is 13.9 Å². The summed E-state index contributed by atoms with van der Waals surface area (Å²) in [4.78, 5) is 18.7. The molecule has 1 saturated heterocycles. The predicted octanol–water partition coefficient (Wildman–Crippen LogP) is 7.89. The number of benzene rings is 3. The van der Waals surface area contributed by atoms with Crippen molar-refractivity contribution in [3.63, 3.8) is 0 Å². The number of aromatic nitrogens is 1. The molecule has 246 valence electrons. The van der Waals surface area contributed by atoms with Gasteiger partial charge < -0.3 is 20.0 Å². The van der Waals surface area contributed by atoms with E-state index in [0.29, 0.717) is 22.8 Å². The second-order valence-corrected chi connectivity index (χ2v) is 13.4. The maximum absolute atomic E-state index is 14.1. The Morgan fingerprint density at radius 2 is 1.87 bits per heavy atom. The number of phenolic OH excluding ortho intramolecular Hbond substituents is 1. The molecule has 0 aliphatic carbocycles. The first-order chi connectivity index (χ1) is 22.9. The van der Waals surface area contributed by atoms with Crippen LogP contribution >= 0.6 is 35.0 Å². The lowest BCUT2D eigenvalue weighted by Crippen LogP contribution is -2.47. The van der Waals surface area contributed by atoms with Crippen LogP contribution in [0.5, 0.6) is 5.75 Å². The first kappa shape index (κ1) is 34.4. The summed E-state index contributed by atoms with van der Waals surface area (Å²) in [7, 11) is 0. The Bertz CT molecular complexity index is 1720. The van der Waals surface area contributed by atoms with Crippen molar-refractivity contribution in [2.24, 2.45) is 9.98 Å². The number of anilines is 3. The monoisotopic (exact) mass is 693 g/mol. The quantitative estimate of drug-likeness (QED) is 0.0699. The van der Waals surface area contributed by atoms with Crippen LogP contribution in [-0.4, -0.2) is 79.3 Å².